The first-order valence-electron chi connectivity index (χ1n) is 9.34. The van der Waals surface area contributed by atoms with Crippen LogP contribution in [0, 0.1) is 0 Å². The highest BCUT2D eigenvalue weighted by Crippen LogP contribution is 2.27. The Balaban J connectivity index is 1.47. The zero-order valence-corrected chi connectivity index (χ0v) is 15.1. The number of ether oxygens (including phenoxy) is 1. The van der Waals surface area contributed by atoms with E-state index in [0.717, 1.165) is 48.7 Å². The fourth-order valence-electron chi connectivity index (χ4n) is 3.42. The van der Waals surface area contributed by atoms with Gasteiger partial charge in [-0.25, -0.2) is 9.50 Å². The number of nitrogens with one attached hydrogen (secondary N) is 1. The van der Waals surface area contributed by atoms with Crippen LogP contribution in [0.25, 0.3) is 11.2 Å². The van der Waals surface area contributed by atoms with Gasteiger partial charge in [0.25, 0.3) is 0 Å². The molecule has 0 atom stereocenters. The maximum atomic E-state index is 5.70. The summed E-state index contributed by atoms with van der Waals surface area (Å²) in [4.78, 5) is 4.48. The number of aromatic nitrogens is 3. The van der Waals surface area contributed by atoms with Gasteiger partial charge in [-0.15, -0.1) is 5.10 Å². The number of nitrogens with zero attached hydrogens (tertiary/aromatic N) is 3. The van der Waals surface area contributed by atoms with Crippen LogP contribution in [0.5, 0.6) is 5.75 Å². The third kappa shape index (κ3) is 3.43. The van der Waals surface area contributed by atoms with Crippen LogP contribution in [0.15, 0.2) is 48.7 Å². The van der Waals surface area contributed by atoms with Crippen molar-refractivity contribution in [1.82, 2.24) is 14.6 Å². The molecule has 2 aromatic heterocycles. The van der Waals surface area contributed by atoms with Crippen molar-refractivity contribution in [3.63, 3.8) is 0 Å². The van der Waals surface area contributed by atoms with Gasteiger partial charge in [0.15, 0.2) is 5.65 Å². The maximum absolute atomic E-state index is 5.70. The number of anilines is 1. The average molecular weight is 348 g/mol. The molecule has 3 aromatic rings. The van der Waals surface area contributed by atoms with E-state index in [0.29, 0.717) is 6.61 Å². The summed E-state index contributed by atoms with van der Waals surface area (Å²) in [6, 6.07) is 12.2. The normalized spacial score (nSPS) is 13.8. The fourth-order valence-corrected chi connectivity index (χ4v) is 3.42. The van der Waals surface area contributed by atoms with Gasteiger partial charge in [-0.05, 0) is 61.9 Å². The van der Waals surface area contributed by atoms with E-state index >= 15 is 0 Å². The molecule has 0 saturated carbocycles. The number of hydrogen-bond donors (Lipinski definition) is 1. The fraction of sp³-hybridized carbons (Fsp3) is 0.333. The molecule has 0 aliphatic heterocycles. The zero-order valence-electron chi connectivity index (χ0n) is 15.1. The molecule has 0 amide bonds. The number of fused-ring (bicyclic) bond motifs is 1. The molecule has 2 heterocycles. The molecule has 0 unspecified atom stereocenters. The van der Waals surface area contributed by atoms with E-state index in [9.17, 15) is 0 Å². The second-order valence-corrected chi connectivity index (χ2v) is 6.47. The largest absolute Gasteiger partial charge is 0.494 e. The Morgan fingerprint density at radius 1 is 1.19 bits per heavy atom. The molecule has 0 spiro atoms. The summed E-state index contributed by atoms with van der Waals surface area (Å²) in [5, 5.41) is 8.17. The number of para-hydroxylation sites is 1. The first-order valence-corrected chi connectivity index (χ1v) is 9.34. The van der Waals surface area contributed by atoms with Gasteiger partial charge in [0.05, 0.1) is 18.5 Å². The molecule has 5 nitrogen and oxygen atoms in total. The predicted octanol–water partition coefficient (Wildman–Crippen LogP) is 4.35. The van der Waals surface area contributed by atoms with E-state index in [2.05, 4.69) is 28.5 Å². The van der Waals surface area contributed by atoms with Crippen LogP contribution in [0.1, 0.15) is 37.4 Å². The molecule has 1 aliphatic carbocycles. The summed E-state index contributed by atoms with van der Waals surface area (Å²) in [5.41, 5.74) is 4.57. The van der Waals surface area contributed by atoms with Crippen LogP contribution in [0.2, 0.25) is 0 Å². The minimum Gasteiger partial charge on any atom is -0.494 e. The Bertz CT molecular complexity index is 929. The van der Waals surface area contributed by atoms with Gasteiger partial charge in [0.2, 0.25) is 0 Å². The summed E-state index contributed by atoms with van der Waals surface area (Å²) in [5.74, 6) is 1.83. The summed E-state index contributed by atoms with van der Waals surface area (Å²) in [7, 11) is 0. The summed E-state index contributed by atoms with van der Waals surface area (Å²) in [6.07, 6.45) is 8.61. The van der Waals surface area contributed by atoms with E-state index in [-0.39, 0.29) is 0 Å². The van der Waals surface area contributed by atoms with E-state index in [1.54, 1.807) is 0 Å². The zero-order chi connectivity index (χ0) is 17.8. The molecular formula is C21H24N4O. The first-order chi connectivity index (χ1) is 12.8. The van der Waals surface area contributed by atoms with Crippen LogP contribution < -0.4 is 10.1 Å². The van der Waals surface area contributed by atoms with Crippen molar-refractivity contribution in [2.45, 2.75) is 32.6 Å². The minimum atomic E-state index is 0.682. The van der Waals surface area contributed by atoms with Crippen molar-refractivity contribution in [2.24, 2.45) is 0 Å². The molecule has 5 heteroatoms. The average Bonchev–Trinajstić information content (AvgIpc) is 3.32. The highest BCUT2D eigenvalue weighted by atomic mass is 16.5. The molecule has 1 aliphatic rings. The summed E-state index contributed by atoms with van der Waals surface area (Å²) >= 11 is 0. The van der Waals surface area contributed by atoms with Gasteiger partial charge >= 0.3 is 0 Å². The van der Waals surface area contributed by atoms with Gasteiger partial charge in [0.1, 0.15) is 11.6 Å². The van der Waals surface area contributed by atoms with E-state index in [4.69, 9.17) is 9.84 Å². The van der Waals surface area contributed by atoms with Gasteiger partial charge in [-0.3, -0.25) is 0 Å². The Hall–Kier alpha value is -2.82. The Labute approximate surface area is 153 Å². The molecule has 4 rings (SSSR count). The second kappa shape index (κ2) is 7.60. The Morgan fingerprint density at radius 3 is 2.96 bits per heavy atom. The van der Waals surface area contributed by atoms with Gasteiger partial charge in [-0.1, -0.05) is 24.3 Å². The molecule has 26 heavy (non-hydrogen) atoms. The number of rotatable bonds is 7. The van der Waals surface area contributed by atoms with Crippen molar-refractivity contribution in [3.8, 4) is 5.75 Å². The standard InChI is InChI=1S/C21H24N4O/c1-2-26-19-10-6-5-9-17(19)13-14-22-20-11-12-21-23-15-18(25(21)24-20)16-7-3-4-8-16/h5-7,9-12,15H,2-4,8,13-14H2,1H3,(H,22,24). The minimum absolute atomic E-state index is 0.682. The van der Waals surface area contributed by atoms with Crippen LogP contribution in [-0.4, -0.2) is 27.7 Å². The van der Waals surface area contributed by atoms with Crippen molar-refractivity contribution < 1.29 is 4.74 Å². The van der Waals surface area contributed by atoms with Crippen LogP contribution in [0.3, 0.4) is 0 Å². The van der Waals surface area contributed by atoms with Crippen molar-refractivity contribution >= 4 is 17.0 Å². The lowest BCUT2D eigenvalue weighted by atomic mass is 10.1. The third-order valence-electron chi connectivity index (χ3n) is 4.71. The second-order valence-electron chi connectivity index (χ2n) is 6.47. The Kier molecular flexibility index (Phi) is 4.86. The highest BCUT2D eigenvalue weighted by Gasteiger charge is 2.13. The predicted molar refractivity (Wildman–Crippen MR) is 105 cm³/mol. The number of imidazole rings is 1. The molecular weight excluding hydrogens is 324 g/mol. The van der Waals surface area contributed by atoms with E-state index < -0.39 is 0 Å². The van der Waals surface area contributed by atoms with E-state index in [1.807, 2.05) is 41.9 Å². The molecule has 0 radical (unpaired) electrons. The van der Waals surface area contributed by atoms with Gasteiger partial charge in [-0.2, -0.15) is 0 Å². The molecule has 0 fully saturated rings. The first kappa shape index (κ1) is 16.6. The molecule has 1 aromatic carbocycles. The number of hydrogen-bond acceptors (Lipinski definition) is 4. The topological polar surface area (TPSA) is 51.5 Å². The molecule has 0 bridgehead atoms. The smallest absolute Gasteiger partial charge is 0.154 e. The summed E-state index contributed by atoms with van der Waals surface area (Å²) < 4.78 is 7.65. The monoisotopic (exact) mass is 348 g/mol. The SMILES string of the molecule is CCOc1ccccc1CCNc1ccc2ncc(C3=CCCC3)n2n1. The van der Waals surface area contributed by atoms with Crippen LogP contribution >= 0.6 is 0 Å². The maximum Gasteiger partial charge on any atom is 0.154 e. The number of benzene rings is 1. The van der Waals surface area contributed by atoms with Crippen molar-refractivity contribution in [2.75, 3.05) is 18.5 Å². The van der Waals surface area contributed by atoms with Crippen molar-refractivity contribution in [3.05, 3.63) is 59.9 Å². The third-order valence-corrected chi connectivity index (χ3v) is 4.71. The van der Waals surface area contributed by atoms with Crippen LogP contribution in [0.4, 0.5) is 5.82 Å². The van der Waals surface area contributed by atoms with Crippen molar-refractivity contribution in [1.29, 1.82) is 0 Å². The lowest BCUT2D eigenvalue weighted by Gasteiger charge is -2.11. The Morgan fingerprint density at radius 2 is 2.12 bits per heavy atom. The highest BCUT2D eigenvalue weighted by molar-refractivity contribution is 5.66. The number of allylic oxidation sites excluding steroid dienone is 2. The quantitative estimate of drug-likeness (QED) is 0.690. The molecule has 0 saturated heterocycles. The lowest BCUT2D eigenvalue weighted by molar-refractivity contribution is 0.336. The van der Waals surface area contributed by atoms with Gasteiger partial charge in [0, 0.05) is 6.54 Å². The van der Waals surface area contributed by atoms with E-state index in [1.165, 1.54) is 17.6 Å². The molecule has 134 valence electrons. The summed E-state index contributed by atoms with van der Waals surface area (Å²) in [6.45, 7) is 3.49. The molecule has 1 N–H and O–H groups in total. The van der Waals surface area contributed by atoms with Crippen LogP contribution in [-0.2, 0) is 6.42 Å². The van der Waals surface area contributed by atoms with Gasteiger partial charge < -0.3 is 10.1 Å². The lowest BCUT2D eigenvalue weighted by Crippen LogP contribution is -2.09.